The van der Waals surface area contributed by atoms with Crippen molar-refractivity contribution in [3.8, 4) is 28.1 Å². The second-order valence-electron chi connectivity index (χ2n) is 7.50. The first-order valence-corrected chi connectivity index (χ1v) is 10.3. The Balaban J connectivity index is 1.54. The van der Waals surface area contributed by atoms with E-state index in [1.165, 1.54) is 13.2 Å². The number of nitrogens with one attached hydrogen (secondary N) is 1. The van der Waals surface area contributed by atoms with Crippen molar-refractivity contribution in [1.82, 2.24) is 20.1 Å². The van der Waals surface area contributed by atoms with Crippen LogP contribution in [0.25, 0.3) is 33.4 Å². The van der Waals surface area contributed by atoms with Gasteiger partial charge >= 0.3 is 0 Å². The summed E-state index contributed by atoms with van der Waals surface area (Å²) in [5.74, 6) is -0.346. The van der Waals surface area contributed by atoms with Crippen molar-refractivity contribution in [2.45, 2.75) is 0 Å². The predicted octanol–water partition coefficient (Wildman–Crippen LogP) is 3.91. The summed E-state index contributed by atoms with van der Waals surface area (Å²) < 4.78 is 24.8. The molecule has 8 heteroatoms. The van der Waals surface area contributed by atoms with Crippen LogP contribution in [0.3, 0.4) is 0 Å². The number of carbonyl (C=O) groups excluding carboxylic acids is 1. The molecule has 1 aliphatic heterocycles. The highest BCUT2D eigenvalue weighted by Crippen LogP contribution is 2.36. The quantitative estimate of drug-likeness (QED) is 0.529. The van der Waals surface area contributed by atoms with Gasteiger partial charge in [-0.3, -0.25) is 9.89 Å². The van der Waals surface area contributed by atoms with Crippen LogP contribution in [0.5, 0.6) is 5.75 Å². The van der Waals surface area contributed by atoms with Crippen LogP contribution >= 0.6 is 0 Å². The minimum Gasteiger partial charge on any atom is -0.493 e. The van der Waals surface area contributed by atoms with E-state index < -0.39 is 5.82 Å². The number of hydrogen-bond acceptors (Lipinski definition) is 5. The number of morpholine rings is 1. The number of methoxy groups -OCH3 is 1. The lowest BCUT2D eigenvalue weighted by Crippen LogP contribution is -2.40. The fourth-order valence-corrected chi connectivity index (χ4v) is 3.95. The number of hydrogen-bond donors (Lipinski definition) is 1. The lowest BCUT2D eigenvalue weighted by Gasteiger charge is -2.27. The Hall–Kier alpha value is -3.78. The van der Waals surface area contributed by atoms with Gasteiger partial charge in [-0.15, -0.1) is 0 Å². The number of para-hydroxylation sites is 1. The van der Waals surface area contributed by atoms with Crippen molar-refractivity contribution in [1.29, 1.82) is 0 Å². The van der Waals surface area contributed by atoms with E-state index in [1.54, 1.807) is 23.2 Å². The van der Waals surface area contributed by atoms with Crippen molar-refractivity contribution >= 4 is 16.9 Å². The van der Waals surface area contributed by atoms with Crippen LogP contribution in [0.1, 0.15) is 10.4 Å². The number of fused-ring (bicyclic) bond motifs is 1. The molecule has 1 saturated heterocycles. The number of aromatic amines is 1. The maximum Gasteiger partial charge on any atom is 0.254 e. The van der Waals surface area contributed by atoms with Gasteiger partial charge in [-0.1, -0.05) is 18.2 Å². The van der Waals surface area contributed by atoms with Crippen molar-refractivity contribution < 1.29 is 18.7 Å². The zero-order chi connectivity index (χ0) is 22.1. The van der Waals surface area contributed by atoms with Gasteiger partial charge in [-0.2, -0.15) is 5.10 Å². The van der Waals surface area contributed by atoms with Crippen molar-refractivity contribution in [3.05, 3.63) is 66.1 Å². The number of aromatic nitrogens is 3. The Morgan fingerprint density at radius 2 is 1.94 bits per heavy atom. The molecule has 7 nitrogen and oxygen atoms in total. The minimum absolute atomic E-state index is 0.0160. The summed E-state index contributed by atoms with van der Waals surface area (Å²) in [7, 11) is 1.43. The maximum atomic E-state index is 14.2. The highest BCUT2D eigenvalue weighted by atomic mass is 19.1. The molecular formula is C24H21FN4O3. The number of amides is 1. The number of nitrogens with zero attached hydrogens (tertiary/aromatic N) is 3. The van der Waals surface area contributed by atoms with Crippen molar-refractivity contribution in [2.75, 3.05) is 33.4 Å². The van der Waals surface area contributed by atoms with Gasteiger partial charge in [0.05, 0.1) is 20.3 Å². The molecule has 1 amide bonds. The summed E-state index contributed by atoms with van der Waals surface area (Å²) in [4.78, 5) is 19.2. The molecule has 0 atom stereocenters. The number of halogens is 1. The Kier molecular flexibility index (Phi) is 5.28. The van der Waals surface area contributed by atoms with E-state index in [2.05, 4.69) is 15.2 Å². The molecule has 2 aromatic carbocycles. The molecule has 0 unspecified atom stereocenters. The van der Waals surface area contributed by atoms with Crippen LogP contribution in [0.2, 0.25) is 0 Å². The van der Waals surface area contributed by atoms with Gasteiger partial charge in [0.1, 0.15) is 5.69 Å². The molecule has 4 aromatic rings. The van der Waals surface area contributed by atoms with Crippen molar-refractivity contribution in [2.24, 2.45) is 0 Å². The summed E-state index contributed by atoms with van der Waals surface area (Å²) in [6.07, 6.45) is 1.73. The van der Waals surface area contributed by atoms with Gasteiger partial charge in [-0.05, 0) is 35.9 Å². The number of H-pyrrole nitrogens is 1. The lowest BCUT2D eigenvalue weighted by molar-refractivity contribution is 0.0303. The molecule has 2 aromatic heterocycles. The zero-order valence-electron chi connectivity index (χ0n) is 17.5. The van der Waals surface area contributed by atoms with Crippen LogP contribution in [0.15, 0.2) is 54.7 Å². The van der Waals surface area contributed by atoms with E-state index in [4.69, 9.17) is 9.47 Å². The predicted molar refractivity (Wildman–Crippen MR) is 118 cm³/mol. The highest BCUT2D eigenvalue weighted by Gasteiger charge is 2.20. The van der Waals surface area contributed by atoms with Crippen LogP contribution in [0.4, 0.5) is 4.39 Å². The third kappa shape index (κ3) is 3.58. The average molecular weight is 432 g/mol. The van der Waals surface area contributed by atoms with E-state index in [0.29, 0.717) is 48.8 Å². The summed E-state index contributed by atoms with van der Waals surface area (Å²) >= 11 is 0. The standard InChI is InChI=1S/C24H21FN4O3/c1-31-22-18(6-3-7-20(22)25)21-19-13-17(14-26-23(19)28-27-21)15-4-2-5-16(12-15)24(30)29-8-10-32-11-9-29/h2-7,12-14H,8-11H2,1H3,(H,26,27,28). The van der Waals surface area contributed by atoms with E-state index >= 15 is 0 Å². The van der Waals surface area contributed by atoms with E-state index in [0.717, 1.165) is 16.5 Å². The molecule has 3 heterocycles. The molecule has 32 heavy (non-hydrogen) atoms. The highest BCUT2D eigenvalue weighted by molar-refractivity contribution is 5.97. The molecule has 1 aliphatic rings. The number of rotatable bonds is 4. The minimum atomic E-state index is -0.459. The molecular weight excluding hydrogens is 411 g/mol. The fraction of sp³-hybridized carbons (Fsp3) is 0.208. The summed E-state index contributed by atoms with van der Waals surface area (Å²) in [6, 6.07) is 14.1. The van der Waals surface area contributed by atoms with Gasteiger partial charge in [0.2, 0.25) is 0 Å². The van der Waals surface area contributed by atoms with Gasteiger partial charge in [0, 0.05) is 41.4 Å². The normalized spacial score (nSPS) is 14.0. The molecule has 0 aliphatic carbocycles. The SMILES string of the molecule is COc1c(F)cccc1-c1n[nH]c2ncc(-c3cccc(C(=O)N4CCOCC4)c3)cc12. The van der Waals surface area contributed by atoms with Gasteiger partial charge in [0.25, 0.3) is 5.91 Å². The van der Waals surface area contributed by atoms with Gasteiger partial charge in [0.15, 0.2) is 17.2 Å². The first-order valence-electron chi connectivity index (χ1n) is 10.3. The second-order valence-corrected chi connectivity index (χ2v) is 7.50. The molecule has 1 N–H and O–H groups in total. The molecule has 1 fully saturated rings. The fourth-order valence-electron chi connectivity index (χ4n) is 3.95. The Labute approximate surface area is 183 Å². The molecule has 5 rings (SSSR count). The van der Waals surface area contributed by atoms with Crippen LogP contribution in [-0.4, -0.2) is 59.4 Å². The van der Waals surface area contributed by atoms with Crippen LogP contribution < -0.4 is 4.74 Å². The monoisotopic (exact) mass is 432 g/mol. The number of ether oxygens (including phenoxy) is 2. The number of carbonyl (C=O) groups is 1. The van der Waals surface area contributed by atoms with E-state index in [1.807, 2.05) is 30.3 Å². The smallest absolute Gasteiger partial charge is 0.254 e. The van der Waals surface area contributed by atoms with Crippen molar-refractivity contribution in [3.63, 3.8) is 0 Å². The largest absolute Gasteiger partial charge is 0.493 e. The van der Waals surface area contributed by atoms with Crippen LogP contribution in [0, 0.1) is 5.82 Å². The zero-order valence-corrected chi connectivity index (χ0v) is 17.5. The Morgan fingerprint density at radius 3 is 2.75 bits per heavy atom. The third-order valence-corrected chi connectivity index (χ3v) is 5.58. The Morgan fingerprint density at radius 1 is 1.12 bits per heavy atom. The molecule has 162 valence electrons. The van der Waals surface area contributed by atoms with Crippen LogP contribution in [-0.2, 0) is 4.74 Å². The van der Waals surface area contributed by atoms with Gasteiger partial charge in [-0.25, -0.2) is 9.37 Å². The summed E-state index contributed by atoms with van der Waals surface area (Å²) in [6.45, 7) is 2.28. The van der Waals surface area contributed by atoms with E-state index in [9.17, 15) is 9.18 Å². The molecule has 0 bridgehead atoms. The molecule has 0 spiro atoms. The number of pyridine rings is 1. The first kappa shape index (κ1) is 20.1. The number of benzene rings is 2. The summed E-state index contributed by atoms with van der Waals surface area (Å²) in [5, 5.41) is 7.98. The summed E-state index contributed by atoms with van der Waals surface area (Å²) in [5.41, 5.74) is 3.96. The maximum absolute atomic E-state index is 14.2. The lowest BCUT2D eigenvalue weighted by atomic mass is 10.0. The first-order chi connectivity index (χ1) is 15.7. The second kappa shape index (κ2) is 8.39. The average Bonchev–Trinajstić information content (AvgIpc) is 3.27. The molecule has 0 radical (unpaired) electrons. The Bertz CT molecular complexity index is 1300. The molecule has 0 saturated carbocycles. The van der Waals surface area contributed by atoms with Gasteiger partial charge < -0.3 is 14.4 Å². The third-order valence-electron chi connectivity index (χ3n) is 5.58. The topological polar surface area (TPSA) is 80.3 Å². The van der Waals surface area contributed by atoms with E-state index in [-0.39, 0.29) is 11.7 Å².